The van der Waals surface area contributed by atoms with Crippen LogP contribution < -0.4 is 0 Å². The topological polar surface area (TPSA) is 32.6 Å². The molecule has 0 aliphatic heterocycles. The van der Waals surface area contributed by atoms with E-state index in [-0.39, 0.29) is 0 Å². The Morgan fingerprint density at radius 2 is 1.72 bits per heavy atom. The molecule has 0 aliphatic rings. The lowest BCUT2D eigenvalue weighted by atomic mass is 9.90. The second-order valence-corrected chi connectivity index (χ2v) is 4.39. The molecule has 0 aliphatic carbocycles. The molecular weight excluding hydrogens is 222 g/mol. The zero-order valence-electron chi connectivity index (χ0n) is 10.5. The summed E-state index contributed by atoms with van der Waals surface area (Å²) in [5.74, 6) is 0.331. The lowest BCUT2D eigenvalue weighted by Gasteiger charge is -2.14. The van der Waals surface area contributed by atoms with Crippen molar-refractivity contribution in [1.29, 1.82) is 0 Å². The maximum Gasteiger partial charge on any atom is 0.0441 e. The molecule has 2 aromatic carbocycles. The third kappa shape index (κ3) is 2.77. The summed E-state index contributed by atoms with van der Waals surface area (Å²) in [4.78, 5) is 0. The Balaban J connectivity index is 2.37. The zero-order valence-corrected chi connectivity index (χ0v) is 10.5. The van der Waals surface area contributed by atoms with Crippen molar-refractivity contribution >= 4 is 6.21 Å². The predicted molar refractivity (Wildman–Crippen MR) is 75.2 cm³/mol. The molecule has 1 atom stereocenters. The van der Waals surface area contributed by atoms with Crippen LogP contribution in [0.3, 0.4) is 0 Å². The van der Waals surface area contributed by atoms with E-state index < -0.39 is 0 Å². The molecule has 92 valence electrons. The van der Waals surface area contributed by atoms with E-state index in [4.69, 9.17) is 5.21 Å². The van der Waals surface area contributed by atoms with Crippen LogP contribution in [0.2, 0.25) is 0 Å². The Morgan fingerprint density at radius 3 is 2.44 bits per heavy atom. The highest BCUT2D eigenvalue weighted by molar-refractivity contribution is 5.69. The average molecular weight is 239 g/mol. The summed E-state index contributed by atoms with van der Waals surface area (Å²) >= 11 is 0. The van der Waals surface area contributed by atoms with Gasteiger partial charge in [-0.1, -0.05) is 61.5 Å². The second-order valence-electron chi connectivity index (χ2n) is 4.39. The van der Waals surface area contributed by atoms with E-state index in [9.17, 15) is 0 Å². The maximum atomic E-state index is 8.52. The first-order valence-corrected chi connectivity index (χ1v) is 6.13. The monoisotopic (exact) mass is 239 g/mol. The van der Waals surface area contributed by atoms with Gasteiger partial charge in [0.25, 0.3) is 0 Å². The van der Waals surface area contributed by atoms with Crippen molar-refractivity contribution in [1.82, 2.24) is 0 Å². The molecule has 0 radical (unpaired) electrons. The highest BCUT2D eigenvalue weighted by Crippen LogP contribution is 2.30. The summed E-state index contributed by atoms with van der Waals surface area (Å²) in [5, 5.41) is 11.6. The molecule has 0 aromatic heterocycles. The summed E-state index contributed by atoms with van der Waals surface area (Å²) in [6.07, 6.45) is 2.28. The van der Waals surface area contributed by atoms with Crippen molar-refractivity contribution in [2.45, 2.75) is 19.3 Å². The third-order valence-corrected chi connectivity index (χ3v) is 3.12. The number of oxime groups is 1. The average Bonchev–Trinajstić information content (AvgIpc) is 2.45. The summed E-state index contributed by atoms with van der Waals surface area (Å²) in [7, 11) is 0. The first kappa shape index (κ1) is 12.4. The number of rotatable bonds is 4. The van der Waals surface area contributed by atoms with Gasteiger partial charge in [-0.2, -0.15) is 0 Å². The molecule has 0 amide bonds. The van der Waals surface area contributed by atoms with Gasteiger partial charge in [-0.3, -0.25) is 0 Å². The van der Waals surface area contributed by atoms with Crippen LogP contribution in [0.1, 0.15) is 24.8 Å². The minimum Gasteiger partial charge on any atom is -0.411 e. The van der Waals surface area contributed by atoms with E-state index in [2.05, 4.69) is 42.4 Å². The molecule has 0 saturated heterocycles. The van der Waals surface area contributed by atoms with Crippen LogP contribution in [0, 0.1) is 0 Å². The van der Waals surface area contributed by atoms with Gasteiger partial charge in [-0.05, 0) is 29.0 Å². The molecule has 0 spiro atoms. The van der Waals surface area contributed by atoms with Crippen LogP contribution >= 0.6 is 0 Å². The van der Waals surface area contributed by atoms with E-state index in [0.717, 1.165) is 6.42 Å². The van der Waals surface area contributed by atoms with Crippen LogP contribution in [0.15, 0.2) is 59.8 Å². The molecule has 0 heterocycles. The van der Waals surface area contributed by atoms with Crippen molar-refractivity contribution in [3.63, 3.8) is 0 Å². The minimum absolute atomic E-state index is 0.331. The van der Waals surface area contributed by atoms with E-state index in [0.29, 0.717) is 5.92 Å². The lowest BCUT2D eigenvalue weighted by molar-refractivity contribution is 0.320. The van der Waals surface area contributed by atoms with Gasteiger partial charge in [0.1, 0.15) is 0 Å². The summed E-state index contributed by atoms with van der Waals surface area (Å²) in [6, 6.07) is 18.7. The molecule has 2 aromatic rings. The highest BCUT2D eigenvalue weighted by Gasteiger charge is 2.10. The first-order chi connectivity index (χ1) is 8.83. The Bertz CT molecular complexity index is 520. The predicted octanol–water partition coefficient (Wildman–Crippen LogP) is 4.31. The van der Waals surface area contributed by atoms with Crippen molar-refractivity contribution < 1.29 is 5.21 Å². The van der Waals surface area contributed by atoms with Gasteiger partial charge in [0, 0.05) is 6.21 Å². The van der Waals surface area contributed by atoms with Crippen molar-refractivity contribution in [2.24, 2.45) is 5.16 Å². The lowest BCUT2D eigenvalue weighted by Crippen LogP contribution is -1.97. The van der Waals surface area contributed by atoms with Crippen LogP contribution in [-0.4, -0.2) is 11.4 Å². The van der Waals surface area contributed by atoms with Crippen molar-refractivity contribution in [2.75, 3.05) is 0 Å². The van der Waals surface area contributed by atoms with Crippen molar-refractivity contribution in [3.8, 4) is 11.1 Å². The molecular formula is C16H17NO. The molecule has 2 nitrogen and oxygen atoms in total. The third-order valence-electron chi connectivity index (χ3n) is 3.12. The molecule has 0 bridgehead atoms. The van der Waals surface area contributed by atoms with E-state index >= 15 is 0 Å². The fraction of sp³-hybridized carbons (Fsp3) is 0.188. The Hall–Kier alpha value is -2.09. The molecule has 1 unspecified atom stereocenters. The standard InChI is InChI=1S/C16H17NO/c1-13(11-12-17-18)15-9-5-6-10-16(15)14-7-3-2-4-8-14/h2-10,12-13,18H,11H2,1H3. The minimum atomic E-state index is 0.331. The van der Waals surface area contributed by atoms with Gasteiger partial charge >= 0.3 is 0 Å². The van der Waals surface area contributed by atoms with Crippen LogP contribution in [-0.2, 0) is 0 Å². The van der Waals surface area contributed by atoms with Gasteiger partial charge in [0.05, 0.1) is 0 Å². The maximum absolute atomic E-state index is 8.52. The smallest absolute Gasteiger partial charge is 0.0441 e. The number of benzene rings is 2. The largest absolute Gasteiger partial charge is 0.411 e. The summed E-state index contributed by atoms with van der Waals surface area (Å²) in [6.45, 7) is 2.14. The van der Waals surface area contributed by atoms with E-state index in [1.807, 2.05) is 24.3 Å². The Morgan fingerprint density at radius 1 is 1.06 bits per heavy atom. The van der Waals surface area contributed by atoms with E-state index in [1.165, 1.54) is 16.7 Å². The van der Waals surface area contributed by atoms with Crippen LogP contribution in [0.25, 0.3) is 11.1 Å². The number of hydrogen-bond donors (Lipinski definition) is 1. The summed E-state index contributed by atoms with van der Waals surface area (Å²) < 4.78 is 0. The molecule has 0 saturated carbocycles. The van der Waals surface area contributed by atoms with Gasteiger partial charge in [0.2, 0.25) is 0 Å². The molecule has 2 heteroatoms. The number of nitrogens with zero attached hydrogens (tertiary/aromatic N) is 1. The Labute approximate surface area is 108 Å². The highest BCUT2D eigenvalue weighted by atomic mass is 16.4. The van der Waals surface area contributed by atoms with Crippen LogP contribution in [0.4, 0.5) is 0 Å². The fourth-order valence-corrected chi connectivity index (χ4v) is 2.14. The quantitative estimate of drug-likeness (QED) is 0.481. The second kappa shape index (κ2) is 6.01. The van der Waals surface area contributed by atoms with Gasteiger partial charge in [0.15, 0.2) is 0 Å². The van der Waals surface area contributed by atoms with Crippen LogP contribution in [0.5, 0.6) is 0 Å². The van der Waals surface area contributed by atoms with Gasteiger partial charge in [-0.15, -0.1) is 5.16 Å². The molecule has 1 N–H and O–H groups in total. The van der Waals surface area contributed by atoms with Crippen molar-refractivity contribution in [3.05, 3.63) is 60.2 Å². The summed E-state index contributed by atoms with van der Waals surface area (Å²) in [5.41, 5.74) is 3.75. The SMILES string of the molecule is CC(CC=NO)c1ccccc1-c1ccccc1. The zero-order chi connectivity index (χ0) is 12.8. The first-order valence-electron chi connectivity index (χ1n) is 6.13. The normalized spacial score (nSPS) is 12.7. The van der Waals surface area contributed by atoms with Gasteiger partial charge < -0.3 is 5.21 Å². The molecule has 0 fully saturated rings. The Kier molecular flexibility index (Phi) is 4.13. The van der Waals surface area contributed by atoms with Gasteiger partial charge in [-0.25, -0.2) is 0 Å². The van der Waals surface area contributed by atoms with E-state index in [1.54, 1.807) is 6.21 Å². The molecule has 18 heavy (non-hydrogen) atoms. The fourth-order valence-electron chi connectivity index (χ4n) is 2.14. The molecule has 2 rings (SSSR count). The number of hydrogen-bond acceptors (Lipinski definition) is 2.